The number of fused-ring (bicyclic) bond motifs is 1. The quantitative estimate of drug-likeness (QED) is 0.747. The molecule has 1 saturated heterocycles. The zero-order valence-corrected chi connectivity index (χ0v) is 15.4. The zero-order chi connectivity index (χ0) is 18.8. The topological polar surface area (TPSA) is 73.9 Å². The first-order chi connectivity index (χ1) is 13.1. The van der Waals surface area contributed by atoms with E-state index in [1.165, 1.54) is 0 Å². The molecule has 0 radical (unpaired) electrons. The lowest BCUT2D eigenvalue weighted by atomic mass is 10.0. The van der Waals surface area contributed by atoms with Gasteiger partial charge in [0, 0.05) is 36.5 Å². The highest BCUT2D eigenvalue weighted by Crippen LogP contribution is 2.31. The Labute approximate surface area is 158 Å². The number of nitrogens with one attached hydrogen (secondary N) is 2. The smallest absolute Gasteiger partial charge is 0.251 e. The number of amides is 1. The molecule has 0 aliphatic carbocycles. The normalized spacial score (nSPS) is 15.1. The number of aromatic amines is 1. The van der Waals surface area contributed by atoms with Crippen LogP contribution in [0.5, 0.6) is 0 Å². The molecule has 0 bridgehead atoms. The van der Waals surface area contributed by atoms with Crippen molar-refractivity contribution in [3.63, 3.8) is 0 Å². The van der Waals surface area contributed by atoms with Crippen molar-refractivity contribution in [3.8, 4) is 0 Å². The lowest BCUT2D eigenvalue weighted by Crippen LogP contribution is -2.45. The number of aromatic nitrogens is 3. The summed E-state index contributed by atoms with van der Waals surface area (Å²) in [5.41, 5.74) is 3.58. The molecule has 1 aliphatic rings. The molecule has 3 aromatic rings. The largest absolute Gasteiger partial charge is 0.356 e. The minimum atomic E-state index is -0.00585. The fourth-order valence-electron chi connectivity index (χ4n) is 3.62. The van der Waals surface area contributed by atoms with Gasteiger partial charge in [-0.15, -0.1) is 0 Å². The SMILES string of the molecule is C=C(C)c1c[nH]c2ncnc(N3CCC(NC(=O)c4ccccc4)CC3)c12. The fraction of sp³-hybridized carbons (Fsp3) is 0.286. The number of hydrogen-bond acceptors (Lipinski definition) is 4. The van der Waals surface area contributed by atoms with Crippen LogP contribution in [0.3, 0.4) is 0 Å². The Balaban J connectivity index is 1.47. The number of hydrogen-bond donors (Lipinski definition) is 2. The van der Waals surface area contributed by atoms with Crippen LogP contribution >= 0.6 is 0 Å². The average molecular weight is 361 g/mol. The Hall–Kier alpha value is -3.15. The lowest BCUT2D eigenvalue weighted by molar-refractivity contribution is 0.0931. The van der Waals surface area contributed by atoms with E-state index in [-0.39, 0.29) is 11.9 Å². The summed E-state index contributed by atoms with van der Waals surface area (Å²) in [7, 11) is 0. The predicted molar refractivity (Wildman–Crippen MR) is 108 cm³/mol. The highest BCUT2D eigenvalue weighted by atomic mass is 16.1. The van der Waals surface area contributed by atoms with Gasteiger partial charge in [0.05, 0.1) is 5.39 Å². The van der Waals surface area contributed by atoms with Gasteiger partial charge in [0.2, 0.25) is 0 Å². The summed E-state index contributed by atoms with van der Waals surface area (Å²) in [5.74, 6) is 0.931. The van der Waals surface area contributed by atoms with Crippen LogP contribution in [0, 0.1) is 0 Å². The molecule has 2 aromatic heterocycles. The van der Waals surface area contributed by atoms with Crippen LogP contribution in [0.1, 0.15) is 35.7 Å². The van der Waals surface area contributed by atoms with Gasteiger partial charge in [-0.25, -0.2) is 9.97 Å². The van der Waals surface area contributed by atoms with E-state index in [1.54, 1.807) is 6.33 Å². The number of anilines is 1. The van der Waals surface area contributed by atoms with Crippen LogP contribution in [0.15, 0.2) is 49.4 Å². The molecule has 2 N–H and O–H groups in total. The highest BCUT2D eigenvalue weighted by molar-refractivity contribution is 5.97. The molecule has 6 nitrogen and oxygen atoms in total. The highest BCUT2D eigenvalue weighted by Gasteiger charge is 2.24. The summed E-state index contributed by atoms with van der Waals surface area (Å²) in [6.45, 7) is 7.74. The van der Waals surface area contributed by atoms with Gasteiger partial charge in [0.1, 0.15) is 17.8 Å². The number of allylic oxidation sites excluding steroid dienone is 1. The molecule has 1 aliphatic heterocycles. The second kappa shape index (κ2) is 7.23. The minimum absolute atomic E-state index is 0.00585. The number of nitrogens with zero attached hydrogens (tertiary/aromatic N) is 3. The van der Waals surface area contributed by atoms with Crippen LogP contribution in [0.2, 0.25) is 0 Å². The summed E-state index contributed by atoms with van der Waals surface area (Å²) >= 11 is 0. The van der Waals surface area contributed by atoms with Crippen molar-refractivity contribution in [1.29, 1.82) is 0 Å². The number of carbonyl (C=O) groups excluding carboxylic acids is 1. The van der Waals surface area contributed by atoms with Gasteiger partial charge >= 0.3 is 0 Å². The maximum atomic E-state index is 12.4. The van der Waals surface area contributed by atoms with Crippen molar-refractivity contribution in [3.05, 3.63) is 60.6 Å². The van der Waals surface area contributed by atoms with Crippen LogP contribution in [0.25, 0.3) is 16.6 Å². The molecule has 0 atom stereocenters. The first-order valence-electron chi connectivity index (χ1n) is 9.22. The summed E-state index contributed by atoms with van der Waals surface area (Å²) in [6, 6.07) is 9.54. The minimum Gasteiger partial charge on any atom is -0.356 e. The summed E-state index contributed by atoms with van der Waals surface area (Å²) in [5, 5.41) is 4.18. The van der Waals surface area contributed by atoms with Gasteiger partial charge < -0.3 is 15.2 Å². The van der Waals surface area contributed by atoms with E-state index in [2.05, 4.69) is 31.7 Å². The van der Waals surface area contributed by atoms with Gasteiger partial charge in [-0.2, -0.15) is 0 Å². The number of benzene rings is 1. The van der Waals surface area contributed by atoms with Crippen molar-refractivity contribution in [2.24, 2.45) is 0 Å². The summed E-state index contributed by atoms with van der Waals surface area (Å²) < 4.78 is 0. The van der Waals surface area contributed by atoms with Crippen LogP contribution < -0.4 is 10.2 Å². The first kappa shape index (κ1) is 17.3. The molecular weight excluding hydrogens is 338 g/mol. The Morgan fingerprint density at radius 2 is 1.96 bits per heavy atom. The first-order valence-corrected chi connectivity index (χ1v) is 9.22. The van der Waals surface area contributed by atoms with Gasteiger partial charge in [-0.05, 0) is 37.5 Å². The molecule has 27 heavy (non-hydrogen) atoms. The Bertz CT molecular complexity index is 971. The standard InChI is InChI=1S/C21H23N5O/c1-14(2)17-12-22-19-18(17)20(24-13-23-19)26-10-8-16(9-11-26)25-21(27)15-6-4-3-5-7-15/h3-7,12-13,16H,1,8-11H2,2H3,(H,25,27)(H,22,23,24). The molecule has 3 heterocycles. The third kappa shape index (κ3) is 3.43. The van der Waals surface area contributed by atoms with Crippen molar-refractivity contribution >= 4 is 28.3 Å². The predicted octanol–water partition coefficient (Wildman–Crippen LogP) is 3.39. The molecular formula is C21H23N5O. The fourth-order valence-corrected chi connectivity index (χ4v) is 3.62. The number of piperidine rings is 1. The molecule has 1 amide bonds. The summed E-state index contributed by atoms with van der Waals surface area (Å²) in [6.07, 6.45) is 5.31. The van der Waals surface area contributed by atoms with Crippen molar-refractivity contribution in [1.82, 2.24) is 20.3 Å². The van der Waals surface area contributed by atoms with E-state index in [0.29, 0.717) is 5.56 Å². The summed E-state index contributed by atoms with van der Waals surface area (Å²) in [4.78, 5) is 26.7. The van der Waals surface area contributed by atoms with E-state index in [0.717, 1.165) is 53.9 Å². The maximum absolute atomic E-state index is 12.4. The van der Waals surface area contributed by atoms with E-state index >= 15 is 0 Å². The molecule has 0 spiro atoms. The molecule has 4 rings (SSSR count). The van der Waals surface area contributed by atoms with E-state index in [4.69, 9.17) is 0 Å². The van der Waals surface area contributed by atoms with Gasteiger partial charge in [0.25, 0.3) is 5.91 Å². The van der Waals surface area contributed by atoms with Crippen LogP contribution in [-0.2, 0) is 0 Å². The monoisotopic (exact) mass is 361 g/mol. The number of H-pyrrole nitrogens is 1. The molecule has 1 fully saturated rings. The number of carbonyl (C=O) groups is 1. The van der Waals surface area contributed by atoms with Gasteiger partial charge in [-0.1, -0.05) is 24.8 Å². The second-order valence-electron chi connectivity index (χ2n) is 7.00. The zero-order valence-electron chi connectivity index (χ0n) is 15.4. The molecule has 0 unspecified atom stereocenters. The molecule has 138 valence electrons. The van der Waals surface area contributed by atoms with Crippen LogP contribution in [0.4, 0.5) is 5.82 Å². The van der Waals surface area contributed by atoms with E-state index in [9.17, 15) is 4.79 Å². The Morgan fingerprint density at radius 1 is 1.22 bits per heavy atom. The molecule has 0 saturated carbocycles. The second-order valence-corrected chi connectivity index (χ2v) is 7.00. The average Bonchev–Trinajstić information content (AvgIpc) is 3.14. The van der Waals surface area contributed by atoms with E-state index in [1.807, 2.05) is 43.5 Å². The molecule has 1 aromatic carbocycles. The van der Waals surface area contributed by atoms with Gasteiger partial charge in [0.15, 0.2) is 0 Å². The third-order valence-corrected chi connectivity index (χ3v) is 5.08. The number of rotatable bonds is 4. The lowest BCUT2D eigenvalue weighted by Gasteiger charge is -2.33. The van der Waals surface area contributed by atoms with Crippen LogP contribution in [-0.4, -0.2) is 40.0 Å². The molecule has 6 heteroatoms. The van der Waals surface area contributed by atoms with Crippen molar-refractivity contribution in [2.75, 3.05) is 18.0 Å². The Kier molecular flexibility index (Phi) is 4.62. The van der Waals surface area contributed by atoms with Gasteiger partial charge in [-0.3, -0.25) is 4.79 Å². The maximum Gasteiger partial charge on any atom is 0.251 e. The third-order valence-electron chi connectivity index (χ3n) is 5.08. The van der Waals surface area contributed by atoms with E-state index < -0.39 is 0 Å². The Morgan fingerprint density at radius 3 is 2.67 bits per heavy atom. The van der Waals surface area contributed by atoms with Crippen molar-refractivity contribution < 1.29 is 4.79 Å². The van der Waals surface area contributed by atoms with Crippen molar-refractivity contribution in [2.45, 2.75) is 25.8 Å².